The first kappa shape index (κ1) is 14.4. The summed E-state index contributed by atoms with van der Waals surface area (Å²) in [5.41, 5.74) is 1.47. The fourth-order valence-corrected chi connectivity index (χ4v) is 4.58. The number of fused-ring (bicyclic) bond motifs is 3. The van der Waals surface area contributed by atoms with E-state index in [1.165, 1.54) is 16.9 Å². The summed E-state index contributed by atoms with van der Waals surface area (Å²) in [6.07, 6.45) is 5.54. The van der Waals surface area contributed by atoms with Gasteiger partial charge in [-0.3, -0.25) is 9.36 Å². The lowest BCUT2D eigenvalue weighted by Crippen LogP contribution is -2.29. The van der Waals surface area contributed by atoms with Crippen LogP contribution in [0.4, 0.5) is 0 Å². The Morgan fingerprint density at radius 3 is 3.05 bits per heavy atom. The van der Waals surface area contributed by atoms with Crippen LogP contribution in [0.5, 0.6) is 0 Å². The lowest BCUT2D eigenvalue weighted by Gasteiger charge is -2.12. The Morgan fingerprint density at radius 2 is 2.27 bits per heavy atom. The fourth-order valence-electron chi connectivity index (χ4n) is 3.31. The van der Waals surface area contributed by atoms with Gasteiger partial charge in [0.15, 0.2) is 0 Å². The Hall–Kier alpha value is -1.24. The van der Waals surface area contributed by atoms with Gasteiger partial charge in [0.2, 0.25) is 0 Å². The van der Waals surface area contributed by atoms with E-state index in [1.807, 2.05) is 4.57 Å². The molecule has 0 spiro atoms. The van der Waals surface area contributed by atoms with Crippen molar-refractivity contribution in [2.45, 2.75) is 44.7 Å². The molecule has 0 bridgehead atoms. The number of hydrogen-bond acceptors (Lipinski definition) is 5. The van der Waals surface area contributed by atoms with E-state index in [0.717, 1.165) is 48.3 Å². The Balaban J connectivity index is 1.75. The number of aromatic nitrogens is 2. The molecule has 2 aromatic rings. The smallest absolute Gasteiger partial charge is 0.262 e. The summed E-state index contributed by atoms with van der Waals surface area (Å²) in [4.78, 5) is 20.2. The number of nitrogens with zero attached hydrogens (tertiary/aromatic N) is 2. The van der Waals surface area contributed by atoms with Crippen LogP contribution in [0.25, 0.3) is 10.2 Å². The van der Waals surface area contributed by atoms with Gasteiger partial charge in [0.25, 0.3) is 5.56 Å². The first-order valence-electron chi connectivity index (χ1n) is 8.05. The van der Waals surface area contributed by atoms with Crippen LogP contribution in [0.1, 0.15) is 41.6 Å². The van der Waals surface area contributed by atoms with Gasteiger partial charge in [0, 0.05) is 24.6 Å². The van der Waals surface area contributed by atoms with Gasteiger partial charge in [-0.2, -0.15) is 0 Å². The second-order valence-corrected chi connectivity index (χ2v) is 7.23. The maximum atomic E-state index is 13.0. The highest BCUT2D eigenvalue weighted by Gasteiger charge is 2.30. The Labute approximate surface area is 133 Å². The molecule has 1 N–H and O–H groups in total. The van der Waals surface area contributed by atoms with E-state index in [4.69, 9.17) is 9.72 Å². The normalized spacial score (nSPS) is 17.3. The van der Waals surface area contributed by atoms with Gasteiger partial charge >= 0.3 is 0 Å². The predicted octanol–water partition coefficient (Wildman–Crippen LogP) is 2.02. The van der Waals surface area contributed by atoms with Crippen LogP contribution in [-0.4, -0.2) is 29.8 Å². The van der Waals surface area contributed by atoms with Crippen LogP contribution in [-0.2, 0) is 24.1 Å². The number of ether oxygens (including phenoxy) is 1. The van der Waals surface area contributed by atoms with Crippen LogP contribution in [0.2, 0.25) is 0 Å². The lowest BCUT2D eigenvalue weighted by atomic mass is 10.2. The lowest BCUT2D eigenvalue weighted by molar-refractivity contribution is 0.198. The van der Waals surface area contributed by atoms with Gasteiger partial charge in [-0.05, 0) is 37.7 Å². The maximum absolute atomic E-state index is 13.0. The summed E-state index contributed by atoms with van der Waals surface area (Å²) >= 11 is 1.72. The summed E-state index contributed by atoms with van der Waals surface area (Å²) in [6.45, 7) is 2.08. The summed E-state index contributed by atoms with van der Waals surface area (Å²) in [5, 5.41) is 4.23. The molecular weight excluding hydrogens is 298 g/mol. The Kier molecular flexibility index (Phi) is 3.76. The van der Waals surface area contributed by atoms with Gasteiger partial charge in [0.1, 0.15) is 10.7 Å². The van der Waals surface area contributed by atoms with Gasteiger partial charge < -0.3 is 10.1 Å². The number of rotatable bonds is 6. The molecule has 0 radical (unpaired) electrons. The molecule has 1 saturated carbocycles. The standard InChI is InChI=1S/C16H21N3O2S/c1-21-8-7-17-9-13-18-15-14(11-3-2-4-12(11)22-15)16(20)19(13)10-5-6-10/h10,17H,2-9H2,1H3. The molecule has 5 nitrogen and oxygen atoms in total. The number of aryl methyl sites for hydroxylation is 2. The van der Waals surface area contributed by atoms with Gasteiger partial charge in [-0.25, -0.2) is 4.98 Å². The first-order chi connectivity index (χ1) is 10.8. The van der Waals surface area contributed by atoms with Crippen LogP contribution in [0.3, 0.4) is 0 Å². The summed E-state index contributed by atoms with van der Waals surface area (Å²) in [7, 11) is 1.69. The molecule has 22 heavy (non-hydrogen) atoms. The minimum atomic E-state index is 0.190. The average Bonchev–Trinajstić information content (AvgIpc) is 3.12. The summed E-state index contributed by atoms with van der Waals surface area (Å²) in [6, 6.07) is 0.362. The molecule has 0 aliphatic heterocycles. The quantitative estimate of drug-likeness (QED) is 0.828. The molecule has 0 amide bonds. The zero-order valence-corrected chi connectivity index (χ0v) is 13.7. The van der Waals surface area contributed by atoms with Crippen LogP contribution < -0.4 is 10.9 Å². The molecule has 6 heteroatoms. The maximum Gasteiger partial charge on any atom is 0.262 e. The van der Waals surface area contributed by atoms with E-state index >= 15 is 0 Å². The molecule has 2 heterocycles. The summed E-state index contributed by atoms with van der Waals surface area (Å²) in [5.74, 6) is 0.885. The van der Waals surface area contributed by atoms with Crippen molar-refractivity contribution >= 4 is 21.6 Å². The van der Waals surface area contributed by atoms with E-state index < -0.39 is 0 Å². The number of thiophene rings is 1. The van der Waals surface area contributed by atoms with E-state index in [1.54, 1.807) is 18.4 Å². The number of methoxy groups -OCH3 is 1. The van der Waals surface area contributed by atoms with E-state index in [9.17, 15) is 4.79 Å². The number of nitrogens with one attached hydrogen (secondary N) is 1. The van der Waals surface area contributed by atoms with Crippen LogP contribution in [0, 0.1) is 0 Å². The zero-order chi connectivity index (χ0) is 15.1. The van der Waals surface area contributed by atoms with E-state index in [-0.39, 0.29) is 5.56 Å². The third-order valence-corrected chi connectivity index (χ3v) is 5.71. The van der Waals surface area contributed by atoms with Crippen molar-refractivity contribution in [3.63, 3.8) is 0 Å². The highest BCUT2D eigenvalue weighted by molar-refractivity contribution is 7.18. The van der Waals surface area contributed by atoms with Crippen molar-refractivity contribution in [3.8, 4) is 0 Å². The van der Waals surface area contributed by atoms with Gasteiger partial charge in [-0.1, -0.05) is 0 Å². The third kappa shape index (κ3) is 2.39. The monoisotopic (exact) mass is 319 g/mol. The van der Waals surface area contributed by atoms with Crippen LogP contribution >= 0.6 is 11.3 Å². The minimum Gasteiger partial charge on any atom is -0.383 e. The van der Waals surface area contributed by atoms with Crippen molar-refractivity contribution in [1.82, 2.24) is 14.9 Å². The molecule has 118 valence electrons. The molecule has 0 aromatic carbocycles. The zero-order valence-electron chi connectivity index (χ0n) is 12.9. The van der Waals surface area contributed by atoms with Crippen molar-refractivity contribution in [3.05, 3.63) is 26.6 Å². The Bertz CT molecular complexity index is 761. The van der Waals surface area contributed by atoms with Gasteiger partial charge in [0.05, 0.1) is 18.5 Å². The van der Waals surface area contributed by atoms with Gasteiger partial charge in [-0.15, -0.1) is 11.3 Å². The molecule has 4 rings (SSSR count). The second-order valence-electron chi connectivity index (χ2n) is 6.14. The molecule has 0 unspecified atom stereocenters. The highest BCUT2D eigenvalue weighted by Crippen LogP contribution is 2.38. The third-order valence-electron chi connectivity index (χ3n) is 4.52. The topological polar surface area (TPSA) is 56.1 Å². The molecule has 2 aromatic heterocycles. The van der Waals surface area contributed by atoms with Crippen molar-refractivity contribution in [2.75, 3.05) is 20.3 Å². The molecule has 2 aliphatic carbocycles. The predicted molar refractivity (Wildman–Crippen MR) is 87.8 cm³/mol. The van der Waals surface area contributed by atoms with Crippen LogP contribution in [0.15, 0.2) is 4.79 Å². The first-order valence-corrected chi connectivity index (χ1v) is 8.86. The molecule has 2 aliphatic rings. The largest absolute Gasteiger partial charge is 0.383 e. The van der Waals surface area contributed by atoms with E-state index in [2.05, 4.69) is 5.32 Å². The average molecular weight is 319 g/mol. The fraction of sp³-hybridized carbons (Fsp3) is 0.625. The minimum absolute atomic E-state index is 0.190. The molecular formula is C16H21N3O2S. The second kappa shape index (κ2) is 5.76. The van der Waals surface area contributed by atoms with E-state index in [0.29, 0.717) is 19.2 Å². The number of hydrogen-bond donors (Lipinski definition) is 1. The Morgan fingerprint density at radius 1 is 1.41 bits per heavy atom. The molecule has 1 fully saturated rings. The highest BCUT2D eigenvalue weighted by atomic mass is 32.1. The molecule has 0 saturated heterocycles. The molecule has 0 atom stereocenters. The summed E-state index contributed by atoms with van der Waals surface area (Å²) < 4.78 is 7.01. The van der Waals surface area contributed by atoms with Crippen molar-refractivity contribution in [2.24, 2.45) is 0 Å². The van der Waals surface area contributed by atoms with Crippen molar-refractivity contribution in [1.29, 1.82) is 0 Å². The van der Waals surface area contributed by atoms with Crippen molar-refractivity contribution < 1.29 is 4.74 Å². The SMILES string of the molecule is COCCNCc1nc2sc3c(c2c(=O)n1C1CC1)CCC3.